The lowest BCUT2D eigenvalue weighted by Gasteiger charge is -2.08. The SMILES string of the molecule is O=[N+]([O-])c1ccc(Cn2ccc3c(Cl)cccc32)c(Br)c1. The first-order valence-electron chi connectivity index (χ1n) is 6.22. The third-order valence-electron chi connectivity index (χ3n) is 3.35. The van der Waals surface area contributed by atoms with E-state index in [4.69, 9.17) is 11.6 Å². The van der Waals surface area contributed by atoms with Crippen molar-refractivity contribution in [3.8, 4) is 0 Å². The Morgan fingerprint density at radius 1 is 1.24 bits per heavy atom. The van der Waals surface area contributed by atoms with Gasteiger partial charge in [-0.2, -0.15) is 0 Å². The summed E-state index contributed by atoms with van der Waals surface area (Å²) < 4.78 is 2.79. The number of nitro groups is 1. The van der Waals surface area contributed by atoms with Gasteiger partial charge in [-0.3, -0.25) is 10.1 Å². The first-order chi connectivity index (χ1) is 10.1. The van der Waals surface area contributed by atoms with Crippen LogP contribution >= 0.6 is 27.5 Å². The normalized spacial score (nSPS) is 11.0. The van der Waals surface area contributed by atoms with Crippen LogP contribution in [0.5, 0.6) is 0 Å². The predicted octanol–water partition coefficient (Wildman–Crippen LogP) is 5.01. The van der Waals surface area contributed by atoms with E-state index < -0.39 is 4.92 Å². The maximum atomic E-state index is 10.8. The Balaban J connectivity index is 1.99. The van der Waals surface area contributed by atoms with Gasteiger partial charge in [-0.15, -0.1) is 0 Å². The molecule has 0 aliphatic carbocycles. The molecule has 0 saturated heterocycles. The molecule has 0 saturated carbocycles. The third-order valence-corrected chi connectivity index (χ3v) is 4.42. The molecule has 3 rings (SSSR count). The molecule has 3 aromatic rings. The van der Waals surface area contributed by atoms with Crippen LogP contribution in [0.15, 0.2) is 53.1 Å². The first kappa shape index (κ1) is 14.1. The van der Waals surface area contributed by atoms with E-state index in [1.54, 1.807) is 6.07 Å². The number of non-ortho nitro benzene ring substituents is 1. The molecular formula is C15H10BrClN2O2. The van der Waals surface area contributed by atoms with Crippen LogP contribution in [-0.2, 0) is 6.54 Å². The van der Waals surface area contributed by atoms with E-state index in [1.165, 1.54) is 12.1 Å². The van der Waals surface area contributed by atoms with Gasteiger partial charge in [-0.1, -0.05) is 33.6 Å². The fourth-order valence-electron chi connectivity index (χ4n) is 2.29. The largest absolute Gasteiger partial charge is 0.343 e. The number of nitro benzene ring substituents is 1. The van der Waals surface area contributed by atoms with Gasteiger partial charge in [0.05, 0.1) is 4.92 Å². The molecule has 2 aromatic carbocycles. The zero-order chi connectivity index (χ0) is 15.0. The maximum Gasteiger partial charge on any atom is 0.270 e. The average Bonchev–Trinajstić information content (AvgIpc) is 2.85. The van der Waals surface area contributed by atoms with E-state index in [0.717, 1.165) is 20.9 Å². The summed E-state index contributed by atoms with van der Waals surface area (Å²) in [6.45, 7) is 0.614. The van der Waals surface area contributed by atoms with Crippen LogP contribution in [-0.4, -0.2) is 9.49 Å². The summed E-state index contributed by atoms with van der Waals surface area (Å²) in [4.78, 5) is 10.4. The Morgan fingerprint density at radius 2 is 2.05 bits per heavy atom. The van der Waals surface area contributed by atoms with Gasteiger partial charge in [0.1, 0.15) is 0 Å². The van der Waals surface area contributed by atoms with Crippen molar-refractivity contribution >= 4 is 44.1 Å². The molecular weight excluding hydrogens is 356 g/mol. The van der Waals surface area contributed by atoms with E-state index in [2.05, 4.69) is 20.5 Å². The molecule has 0 aliphatic rings. The van der Waals surface area contributed by atoms with E-state index >= 15 is 0 Å². The molecule has 0 atom stereocenters. The summed E-state index contributed by atoms with van der Waals surface area (Å²) in [5, 5.41) is 12.5. The van der Waals surface area contributed by atoms with E-state index in [9.17, 15) is 10.1 Å². The van der Waals surface area contributed by atoms with Crippen LogP contribution in [0.2, 0.25) is 5.02 Å². The molecule has 0 bridgehead atoms. The molecule has 6 heteroatoms. The van der Waals surface area contributed by atoms with Crippen LogP contribution in [0, 0.1) is 10.1 Å². The summed E-state index contributed by atoms with van der Waals surface area (Å²) in [6, 6.07) is 12.5. The molecule has 1 heterocycles. The summed E-state index contributed by atoms with van der Waals surface area (Å²) in [7, 11) is 0. The zero-order valence-electron chi connectivity index (χ0n) is 10.8. The first-order valence-corrected chi connectivity index (χ1v) is 7.39. The Labute approximate surface area is 134 Å². The van der Waals surface area contributed by atoms with Crippen LogP contribution in [0.4, 0.5) is 5.69 Å². The Kier molecular flexibility index (Phi) is 3.69. The lowest BCUT2D eigenvalue weighted by Crippen LogP contribution is -1.99. The summed E-state index contributed by atoms with van der Waals surface area (Å²) >= 11 is 9.56. The standard InChI is InChI=1S/C15H10BrClN2O2/c16-13-8-11(19(20)21)5-4-10(13)9-18-7-6-12-14(17)2-1-3-15(12)18/h1-8H,9H2. The van der Waals surface area contributed by atoms with Gasteiger partial charge >= 0.3 is 0 Å². The van der Waals surface area contributed by atoms with Crippen molar-refractivity contribution in [1.29, 1.82) is 0 Å². The van der Waals surface area contributed by atoms with Gasteiger partial charge in [0.25, 0.3) is 5.69 Å². The number of hydrogen-bond donors (Lipinski definition) is 0. The van der Waals surface area contributed by atoms with E-state index in [0.29, 0.717) is 11.6 Å². The lowest BCUT2D eigenvalue weighted by molar-refractivity contribution is -0.384. The fourth-order valence-corrected chi connectivity index (χ4v) is 3.01. The van der Waals surface area contributed by atoms with Crippen molar-refractivity contribution in [2.24, 2.45) is 0 Å². The van der Waals surface area contributed by atoms with Gasteiger partial charge in [-0.05, 0) is 29.8 Å². The number of hydrogen-bond acceptors (Lipinski definition) is 2. The van der Waals surface area contributed by atoms with Gasteiger partial charge in [0.2, 0.25) is 0 Å². The summed E-state index contributed by atoms with van der Waals surface area (Å²) in [5.74, 6) is 0. The maximum absolute atomic E-state index is 10.8. The minimum Gasteiger partial charge on any atom is -0.343 e. The number of halogens is 2. The lowest BCUT2D eigenvalue weighted by atomic mass is 10.2. The second-order valence-electron chi connectivity index (χ2n) is 4.65. The van der Waals surface area contributed by atoms with Crippen LogP contribution in [0.25, 0.3) is 10.9 Å². The van der Waals surface area contributed by atoms with E-state index in [-0.39, 0.29) is 5.69 Å². The molecule has 4 nitrogen and oxygen atoms in total. The molecule has 0 radical (unpaired) electrons. The van der Waals surface area contributed by atoms with Gasteiger partial charge in [0.15, 0.2) is 0 Å². The molecule has 0 aliphatic heterocycles. The fraction of sp³-hybridized carbons (Fsp3) is 0.0667. The average molecular weight is 366 g/mol. The van der Waals surface area contributed by atoms with Crippen LogP contribution in [0.1, 0.15) is 5.56 Å². The number of rotatable bonds is 3. The minimum absolute atomic E-state index is 0.0750. The smallest absolute Gasteiger partial charge is 0.270 e. The molecule has 1 aromatic heterocycles. The summed E-state index contributed by atoms with van der Waals surface area (Å²) in [5.41, 5.74) is 2.08. The molecule has 0 N–H and O–H groups in total. The Morgan fingerprint density at radius 3 is 2.76 bits per heavy atom. The van der Waals surface area contributed by atoms with Crippen molar-refractivity contribution < 1.29 is 4.92 Å². The van der Waals surface area contributed by atoms with Crippen molar-refractivity contribution in [3.63, 3.8) is 0 Å². The second kappa shape index (κ2) is 5.50. The molecule has 21 heavy (non-hydrogen) atoms. The number of fused-ring (bicyclic) bond motifs is 1. The molecule has 0 spiro atoms. The molecule has 0 fully saturated rings. The Hall–Kier alpha value is -1.85. The van der Waals surface area contributed by atoms with Crippen molar-refractivity contribution in [2.45, 2.75) is 6.54 Å². The highest BCUT2D eigenvalue weighted by molar-refractivity contribution is 9.10. The van der Waals surface area contributed by atoms with Crippen LogP contribution in [0.3, 0.4) is 0 Å². The van der Waals surface area contributed by atoms with Crippen molar-refractivity contribution in [2.75, 3.05) is 0 Å². The van der Waals surface area contributed by atoms with Crippen molar-refractivity contribution in [1.82, 2.24) is 4.57 Å². The van der Waals surface area contributed by atoms with Gasteiger partial charge < -0.3 is 4.57 Å². The topological polar surface area (TPSA) is 48.1 Å². The van der Waals surface area contributed by atoms with Gasteiger partial charge in [0, 0.05) is 45.3 Å². The third kappa shape index (κ3) is 2.66. The number of benzene rings is 2. The quantitative estimate of drug-likeness (QED) is 0.483. The van der Waals surface area contributed by atoms with Crippen LogP contribution < -0.4 is 0 Å². The highest BCUT2D eigenvalue weighted by atomic mass is 79.9. The predicted molar refractivity (Wildman–Crippen MR) is 86.8 cm³/mol. The highest BCUT2D eigenvalue weighted by Crippen LogP contribution is 2.27. The molecule has 0 amide bonds. The number of aromatic nitrogens is 1. The van der Waals surface area contributed by atoms with Gasteiger partial charge in [-0.25, -0.2) is 0 Å². The zero-order valence-corrected chi connectivity index (χ0v) is 13.1. The monoisotopic (exact) mass is 364 g/mol. The second-order valence-corrected chi connectivity index (χ2v) is 5.91. The van der Waals surface area contributed by atoms with Crippen molar-refractivity contribution in [3.05, 3.63) is 73.8 Å². The molecule has 0 unspecified atom stereocenters. The Bertz CT molecular complexity index is 845. The van der Waals surface area contributed by atoms with E-state index in [1.807, 2.05) is 30.5 Å². The molecule has 106 valence electrons. The highest BCUT2D eigenvalue weighted by Gasteiger charge is 2.11. The summed E-state index contributed by atoms with van der Waals surface area (Å²) in [6.07, 6.45) is 1.96. The number of nitrogens with zero attached hydrogens (tertiary/aromatic N) is 2. The minimum atomic E-state index is -0.403.